The third-order valence-electron chi connectivity index (χ3n) is 3.00. The van der Waals surface area contributed by atoms with Gasteiger partial charge in [0.05, 0.1) is 18.3 Å². The average Bonchev–Trinajstić information content (AvgIpc) is 2.66. The van der Waals surface area contributed by atoms with Gasteiger partial charge in [0.1, 0.15) is 12.9 Å². The molecule has 96 valence electrons. The topological polar surface area (TPSA) is 54.0 Å². The van der Waals surface area contributed by atoms with E-state index < -0.39 is 5.30 Å². The fraction of sp³-hybridized carbons (Fsp3) is 0.727. The number of carbonyl (C=O) groups excluding carboxylic acids is 1. The zero-order chi connectivity index (χ0) is 12.3. The van der Waals surface area contributed by atoms with Crippen LogP contribution in [-0.2, 0) is 18.9 Å². The first-order valence-electron chi connectivity index (χ1n) is 5.53. The van der Waals surface area contributed by atoms with Crippen molar-refractivity contribution in [1.82, 2.24) is 0 Å². The van der Waals surface area contributed by atoms with Gasteiger partial charge in [-0.1, -0.05) is 18.7 Å². The number of carbonyl (C=O) groups is 1. The van der Waals surface area contributed by atoms with Crippen molar-refractivity contribution in [3.05, 3.63) is 12.2 Å². The van der Waals surface area contributed by atoms with Gasteiger partial charge in [-0.15, -0.1) is 0 Å². The molecular formula is C11H16O5S. The number of methoxy groups -OCH3 is 1. The third-order valence-corrected chi connectivity index (χ3v) is 3.11. The van der Waals surface area contributed by atoms with Gasteiger partial charge in [-0.2, -0.15) is 0 Å². The molecule has 0 bridgehead atoms. The largest absolute Gasteiger partial charge is 0.450 e. The van der Waals surface area contributed by atoms with Crippen molar-refractivity contribution in [2.75, 3.05) is 13.9 Å². The maximum absolute atomic E-state index is 10.9. The van der Waals surface area contributed by atoms with Crippen molar-refractivity contribution in [1.29, 1.82) is 0 Å². The molecular weight excluding hydrogens is 244 g/mol. The van der Waals surface area contributed by atoms with Gasteiger partial charge in [0.2, 0.25) is 0 Å². The van der Waals surface area contributed by atoms with Crippen molar-refractivity contribution < 1.29 is 23.7 Å². The SMILES string of the molecule is COC1/C=C/C(OC(=O)S)CC2OCOC2C1. The lowest BCUT2D eigenvalue weighted by Crippen LogP contribution is -2.33. The molecule has 0 amide bonds. The predicted octanol–water partition coefficient (Wildman–Crippen LogP) is 1.53. The van der Waals surface area contributed by atoms with E-state index in [1.807, 2.05) is 12.2 Å². The first-order chi connectivity index (χ1) is 8.19. The Morgan fingerprint density at radius 3 is 2.41 bits per heavy atom. The van der Waals surface area contributed by atoms with Gasteiger partial charge in [0.15, 0.2) is 0 Å². The highest BCUT2D eigenvalue weighted by molar-refractivity contribution is 7.96. The number of fused-ring (bicyclic) bond motifs is 1. The molecule has 4 unspecified atom stereocenters. The molecule has 1 heterocycles. The number of hydrogen-bond donors (Lipinski definition) is 1. The van der Waals surface area contributed by atoms with Crippen LogP contribution >= 0.6 is 12.6 Å². The number of rotatable bonds is 2. The van der Waals surface area contributed by atoms with Gasteiger partial charge in [-0.05, 0) is 6.08 Å². The quantitative estimate of drug-likeness (QED) is 0.463. The minimum absolute atomic E-state index is 0.00832. The molecule has 0 aromatic carbocycles. The molecule has 2 rings (SSSR count). The van der Waals surface area contributed by atoms with E-state index in [2.05, 4.69) is 12.6 Å². The summed E-state index contributed by atoms with van der Waals surface area (Å²) in [7, 11) is 1.64. The van der Waals surface area contributed by atoms with E-state index in [-0.39, 0.29) is 31.2 Å². The summed E-state index contributed by atoms with van der Waals surface area (Å²) >= 11 is 3.61. The van der Waals surface area contributed by atoms with Crippen LogP contribution in [0.25, 0.3) is 0 Å². The summed E-state index contributed by atoms with van der Waals surface area (Å²) in [6, 6.07) is 0. The van der Waals surface area contributed by atoms with E-state index in [9.17, 15) is 4.79 Å². The number of thiol groups is 1. The Morgan fingerprint density at radius 2 is 1.82 bits per heavy atom. The zero-order valence-electron chi connectivity index (χ0n) is 9.57. The second-order valence-corrected chi connectivity index (χ2v) is 4.45. The van der Waals surface area contributed by atoms with Crippen molar-refractivity contribution in [3.8, 4) is 0 Å². The second-order valence-electron chi connectivity index (χ2n) is 4.08. The first-order valence-corrected chi connectivity index (χ1v) is 5.97. The normalized spacial score (nSPS) is 38.9. The highest BCUT2D eigenvalue weighted by atomic mass is 32.1. The summed E-state index contributed by atoms with van der Waals surface area (Å²) in [5.74, 6) is 0. The lowest BCUT2D eigenvalue weighted by Gasteiger charge is -2.25. The van der Waals surface area contributed by atoms with Crippen molar-refractivity contribution >= 4 is 17.9 Å². The number of hydrogen-bond acceptors (Lipinski definition) is 5. The van der Waals surface area contributed by atoms with Crippen LogP contribution < -0.4 is 0 Å². The molecule has 6 heteroatoms. The van der Waals surface area contributed by atoms with Crippen LogP contribution in [0.3, 0.4) is 0 Å². The monoisotopic (exact) mass is 260 g/mol. The fourth-order valence-corrected chi connectivity index (χ4v) is 2.26. The van der Waals surface area contributed by atoms with Crippen LogP contribution in [-0.4, -0.2) is 43.6 Å². The molecule has 0 radical (unpaired) electrons. The van der Waals surface area contributed by atoms with E-state index in [0.717, 1.165) is 6.42 Å². The summed E-state index contributed by atoms with van der Waals surface area (Å²) < 4.78 is 21.3. The maximum Gasteiger partial charge on any atom is 0.364 e. The van der Waals surface area contributed by atoms with Crippen LogP contribution in [0.4, 0.5) is 4.79 Å². The molecule has 5 nitrogen and oxygen atoms in total. The Kier molecular flexibility index (Phi) is 4.44. The van der Waals surface area contributed by atoms with Gasteiger partial charge in [-0.3, -0.25) is 0 Å². The smallest absolute Gasteiger partial charge is 0.364 e. The molecule has 0 spiro atoms. The third kappa shape index (κ3) is 3.45. The van der Waals surface area contributed by atoms with Crippen LogP contribution in [0, 0.1) is 0 Å². The lowest BCUT2D eigenvalue weighted by atomic mass is 9.97. The van der Waals surface area contributed by atoms with Crippen LogP contribution in [0.5, 0.6) is 0 Å². The van der Waals surface area contributed by atoms with Crippen molar-refractivity contribution in [2.45, 2.75) is 37.3 Å². The lowest BCUT2D eigenvalue weighted by molar-refractivity contribution is 0.0255. The molecule has 17 heavy (non-hydrogen) atoms. The Balaban J connectivity index is 2.07. The molecule has 0 saturated carbocycles. The van der Waals surface area contributed by atoms with Crippen LogP contribution in [0.15, 0.2) is 12.2 Å². The summed E-state index contributed by atoms with van der Waals surface area (Å²) in [5.41, 5.74) is 0. The number of ether oxygens (including phenoxy) is 4. The van der Waals surface area contributed by atoms with Crippen molar-refractivity contribution in [3.63, 3.8) is 0 Å². The Labute approximate surface area is 105 Å². The molecule has 0 N–H and O–H groups in total. The van der Waals surface area contributed by atoms with Crippen molar-refractivity contribution in [2.24, 2.45) is 0 Å². The van der Waals surface area contributed by atoms with E-state index in [1.165, 1.54) is 0 Å². The Bertz CT molecular complexity index is 306. The first kappa shape index (κ1) is 12.9. The zero-order valence-corrected chi connectivity index (χ0v) is 10.5. The molecule has 1 aliphatic carbocycles. The molecule has 1 fully saturated rings. The molecule has 2 aliphatic rings. The van der Waals surface area contributed by atoms with E-state index in [0.29, 0.717) is 6.42 Å². The minimum atomic E-state index is -0.593. The second kappa shape index (κ2) is 5.86. The van der Waals surface area contributed by atoms with Crippen LogP contribution in [0.1, 0.15) is 12.8 Å². The van der Waals surface area contributed by atoms with E-state index in [4.69, 9.17) is 18.9 Å². The molecule has 1 aliphatic heterocycles. The van der Waals surface area contributed by atoms with Gasteiger partial charge in [0, 0.05) is 20.0 Å². The van der Waals surface area contributed by atoms with E-state index >= 15 is 0 Å². The predicted molar refractivity (Wildman–Crippen MR) is 63.0 cm³/mol. The van der Waals surface area contributed by atoms with Gasteiger partial charge >= 0.3 is 5.30 Å². The average molecular weight is 260 g/mol. The Morgan fingerprint density at radius 1 is 1.24 bits per heavy atom. The highest BCUT2D eigenvalue weighted by Gasteiger charge is 2.34. The summed E-state index contributed by atoms with van der Waals surface area (Å²) in [5, 5.41) is -0.593. The van der Waals surface area contributed by atoms with Gasteiger partial charge < -0.3 is 18.9 Å². The summed E-state index contributed by atoms with van der Waals surface area (Å²) in [6.07, 6.45) is 4.59. The van der Waals surface area contributed by atoms with Gasteiger partial charge in [-0.25, -0.2) is 4.79 Å². The van der Waals surface area contributed by atoms with Crippen LogP contribution in [0.2, 0.25) is 0 Å². The molecule has 1 saturated heterocycles. The molecule has 4 atom stereocenters. The fourth-order valence-electron chi connectivity index (χ4n) is 2.12. The van der Waals surface area contributed by atoms with Gasteiger partial charge in [0.25, 0.3) is 0 Å². The highest BCUT2D eigenvalue weighted by Crippen LogP contribution is 2.26. The van der Waals surface area contributed by atoms with E-state index in [1.54, 1.807) is 7.11 Å². The minimum Gasteiger partial charge on any atom is -0.450 e. The molecule has 0 aromatic rings. The molecule has 0 aromatic heterocycles. The summed E-state index contributed by atoms with van der Waals surface area (Å²) in [4.78, 5) is 10.9. The Hall–Kier alpha value is -0.560. The standard InChI is InChI=1S/C11H16O5S/c1-13-7-2-3-8(16-11(12)17)5-10-9(4-7)14-6-15-10/h2-3,7-10H,4-6H2,1H3,(H,12,17)/b3-2+. The summed E-state index contributed by atoms with van der Waals surface area (Å²) in [6.45, 7) is 0.285. The maximum atomic E-state index is 10.9.